The second-order valence-corrected chi connectivity index (χ2v) is 3.01. The van der Waals surface area contributed by atoms with Gasteiger partial charge in [-0.05, 0) is 0 Å². The summed E-state index contributed by atoms with van der Waals surface area (Å²) in [5, 5.41) is 0. The SMILES string of the molecule is C=CC(=O)OCCC[n+]1ccn(C=C)c1.[Br-]. The van der Waals surface area contributed by atoms with Gasteiger partial charge in [0.1, 0.15) is 12.4 Å². The molecule has 0 aliphatic carbocycles. The van der Waals surface area contributed by atoms with Crippen LogP contribution in [0, 0.1) is 0 Å². The number of imidazole rings is 1. The summed E-state index contributed by atoms with van der Waals surface area (Å²) in [6, 6.07) is 0. The molecule has 1 heterocycles. The van der Waals surface area contributed by atoms with E-state index in [4.69, 9.17) is 4.74 Å². The van der Waals surface area contributed by atoms with E-state index >= 15 is 0 Å². The maximum Gasteiger partial charge on any atom is 0.330 e. The van der Waals surface area contributed by atoms with E-state index in [2.05, 4.69) is 13.2 Å². The summed E-state index contributed by atoms with van der Waals surface area (Å²) in [6.07, 6.45) is 9.43. The van der Waals surface area contributed by atoms with E-state index in [-0.39, 0.29) is 23.0 Å². The number of aromatic nitrogens is 2. The number of ether oxygens (including phenoxy) is 1. The van der Waals surface area contributed by atoms with Crippen LogP contribution in [-0.4, -0.2) is 17.1 Å². The number of aryl methyl sites for hydroxylation is 1. The summed E-state index contributed by atoms with van der Waals surface area (Å²) in [7, 11) is 0. The molecule has 5 heteroatoms. The van der Waals surface area contributed by atoms with Crippen LogP contribution in [0.2, 0.25) is 0 Å². The smallest absolute Gasteiger partial charge is 0.330 e. The Labute approximate surface area is 106 Å². The van der Waals surface area contributed by atoms with Gasteiger partial charge >= 0.3 is 5.97 Å². The zero-order valence-corrected chi connectivity index (χ0v) is 10.6. The van der Waals surface area contributed by atoms with Crippen molar-refractivity contribution in [2.24, 2.45) is 0 Å². The number of nitrogens with zero attached hydrogens (tertiary/aromatic N) is 2. The Hall–Kier alpha value is -1.36. The molecule has 0 N–H and O–H groups in total. The standard InChI is InChI=1S/C11H15N2O2.BrH/c1-3-11(14)15-9-5-6-13-8-7-12(4-2)10-13;/h3-4,7-8,10H,1-2,5-6,9H2;1H/q+1;/p-1. The van der Waals surface area contributed by atoms with E-state index in [9.17, 15) is 4.79 Å². The first-order valence-electron chi connectivity index (χ1n) is 4.74. The minimum Gasteiger partial charge on any atom is -1.00 e. The molecular formula is C11H15BrN2O2. The van der Waals surface area contributed by atoms with Crippen molar-refractivity contribution in [3.8, 4) is 0 Å². The van der Waals surface area contributed by atoms with Gasteiger partial charge in [-0.25, -0.2) is 13.9 Å². The van der Waals surface area contributed by atoms with Crippen LogP contribution in [0.25, 0.3) is 6.20 Å². The van der Waals surface area contributed by atoms with Crippen molar-refractivity contribution in [1.29, 1.82) is 0 Å². The van der Waals surface area contributed by atoms with E-state index in [1.54, 1.807) is 6.20 Å². The van der Waals surface area contributed by atoms with Crippen molar-refractivity contribution < 1.29 is 31.1 Å². The molecule has 0 aliphatic heterocycles. The third-order valence-corrected chi connectivity index (χ3v) is 1.89. The summed E-state index contributed by atoms with van der Waals surface area (Å²) < 4.78 is 8.71. The van der Waals surface area contributed by atoms with Gasteiger partial charge < -0.3 is 21.7 Å². The Bertz CT molecular complexity index is 361. The van der Waals surface area contributed by atoms with Crippen molar-refractivity contribution in [3.63, 3.8) is 0 Å². The molecule has 4 nitrogen and oxygen atoms in total. The van der Waals surface area contributed by atoms with E-state index in [1.807, 2.05) is 27.9 Å². The third-order valence-electron chi connectivity index (χ3n) is 1.89. The fraction of sp³-hybridized carbons (Fsp3) is 0.273. The van der Waals surface area contributed by atoms with Crippen molar-refractivity contribution in [2.75, 3.05) is 6.61 Å². The first-order chi connectivity index (χ1) is 7.26. The molecule has 1 aromatic rings. The first-order valence-corrected chi connectivity index (χ1v) is 4.74. The van der Waals surface area contributed by atoms with Gasteiger partial charge in [-0.2, -0.15) is 0 Å². The van der Waals surface area contributed by atoms with Crippen LogP contribution in [0.15, 0.2) is 38.0 Å². The Kier molecular flexibility index (Phi) is 7.20. The van der Waals surface area contributed by atoms with Crippen LogP contribution in [-0.2, 0) is 16.1 Å². The number of hydrogen-bond acceptors (Lipinski definition) is 2. The van der Waals surface area contributed by atoms with Crippen molar-refractivity contribution >= 4 is 12.2 Å². The molecule has 0 bridgehead atoms. The zero-order valence-electron chi connectivity index (χ0n) is 9.01. The van der Waals surface area contributed by atoms with Gasteiger partial charge in [-0.15, -0.1) is 0 Å². The van der Waals surface area contributed by atoms with E-state index in [0.29, 0.717) is 6.61 Å². The van der Waals surface area contributed by atoms with Gasteiger partial charge in [0, 0.05) is 12.5 Å². The van der Waals surface area contributed by atoms with Gasteiger partial charge in [0.05, 0.1) is 19.4 Å². The number of carbonyl (C=O) groups is 1. The topological polar surface area (TPSA) is 35.1 Å². The Morgan fingerprint density at radius 3 is 2.81 bits per heavy atom. The van der Waals surface area contributed by atoms with Gasteiger partial charge in [-0.3, -0.25) is 0 Å². The molecule has 0 saturated carbocycles. The molecule has 0 radical (unpaired) electrons. The van der Waals surface area contributed by atoms with Crippen LogP contribution < -0.4 is 21.5 Å². The number of rotatable bonds is 6. The van der Waals surface area contributed by atoms with E-state index in [0.717, 1.165) is 13.0 Å². The van der Waals surface area contributed by atoms with Crippen LogP contribution in [0.3, 0.4) is 0 Å². The molecule has 0 aliphatic rings. The lowest BCUT2D eigenvalue weighted by molar-refractivity contribution is -0.696. The van der Waals surface area contributed by atoms with Crippen molar-refractivity contribution in [1.82, 2.24) is 4.57 Å². The Morgan fingerprint density at radius 1 is 1.50 bits per heavy atom. The molecule has 0 unspecified atom stereocenters. The highest BCUT2D eigenvalue weighted by Crippen LogP contribution is 1.88. The summed E-state index contributed by atoms with van der Waals surface area (Å²) in [4.78, 5) is 10.7. The lowest BCUT2D eigenvalue weighted by Gasteiger charge is -1.99. The third kappa shape index (κ3) is 4.93. The monoisotopic (exact) mass is 286 g/mol. The fourth-order valence-corrected chi connectivity index (χ4v) is 1.13. The minimum absolute atomic E-state index is 0. The fourth-order valence-electron chi connectivity index (χ4n) is 1.13. The van der Waals surface area contributed by atoms with Crippen molar-refractivity contribution in [2.45, 2.75) is 13.0 Å². The summed E-state index contributed by atoms with van der Waals surface area (Å²) in [5.41, 5.74) is 0. The van der Waals surface area contributed by atoms with Gasteiger partial charge in [-0.1, -0.05) is 13.2 Å². The summed E-state index contributed by atoms with van der Waals surface area (Å²) in [5.74, 6) is -0.372. The summed E-state index contributed by atoms with van der Waals surface area (Å²) in [6.45, 7) is 8.19. The Morgan fingerprint density at radius 2 is 2.25 bits per heavy atom. The normalized spacial score (nSPS) is 9.00. The first kappa shape index (κ1) is 14.6. The number of esters is 1. The van der Waals surface area contributed by atoms with Crippen molar-refractivity contribution in [3.05, 3.63) is 38.0 Å². The molecule has 0 amide bonds. The molecule has 1 rings (SSSR count). The number of hydrogen-bond donors (Lipinski definition) is 0. The lowest BCUT2D eigenvalue weighted by Crippen LogP contribution is -3.00. The van der Waals surface area contributed by atoms with Gasteiger partial charge in [0.2, 0.25) is 6.33 Å². The molecule has 0 spiro atoms. The molecule has 88 valence electrons. The summed E-state index contributed by atoms with van der Waals surface area (Å²) >= 11 is 0. The highest BCUT2D eigenvalue weighted by atomic mass is 79.9. The maximum atomic E-state index is 10.7. The van der Waals surface area contributed by atoms with Crippen LogP contribution >= 0.6 is 0 Å². The highest BCUT2D eigenvalue weighted by molar-refractivity contribution is 5.81. The number of halogens is 1. The molecular weight excluding hydrogens is 272 g/mol. The second kappa shape index (κ2) is 7.87. The molecule has 0 atom stereocenters. The lowest BCUT2D eigenvalue weighted by atomic mass is 10.4. The molecule has 0 fully saturated rings. The maximum absolute atomic E-state index is 10.7. The zero-order chi connectivity index (χ0) is 11.1. The Balaban J connectivity index is 0.00000225. The van der Waals surface area contributed by atoms with Crippen LogP contribution in [0.4, 0.5) is 0 Å². The van der Waals surface area contributed by atoms with Gasteiger partial charge in [0.25, 0.3) is 0 Å². The highest BCUT2D eigenvalue weighted by Gasteiger charge is 2.01. The quantitative estimate of drug-likeness (QED) is 0.262. The average Bonchev–Trinajstić information content (AvgIpc) is 2.72. The molecule has 1 aromatic heterocycles. The van der Waals surface area contributed by atoms with Gasteiger partial charge in [0.15, 0.2) is 0 Å². The predicted molar refractivity (Wildman–Crippen MR) is 56.8 cm³/mol. The minimum atomic E-state index is -0.372. The number of carbonyl (C=O) groups excluding carboxylic acids is 1. The predicted octanol–water partition coefficient (Wildman–Crippen LogP) is -2.00. The van der Waals surface area contributed by atoms with Crippen LogP contribution in [0.1, 0.15) is 6.42 Å². The molecule has 16 heavy (non-hydrogen) atoms. The largest absolute Gasteiger partial charge is 1.00 e. The average molecular weight is 287 g/mol. The molecule has 0 saturated heterocycles. The molecule has 0 aromatic carbocycles. The second-order valence-electron chi connectivity index (χ2n) is 3.01. The van der Waals surface area contributed by atoms with Crippen LogP contribution in [0.5, 0.6) is 0 Å². The van der Waals surface area contributed by atoms with E-state index < -0.39 is 0 Å². The van der Waals surface area contributed by atoms with E-state index in [1.165, 1.54) is 6.08 Å².